The second-order valence-corrected chi connectivity index (χ2v) is 5.46. The van der Waals surface area contributed by atoms with E-state index < -0.39 is 0 Å². The van der Waals surface area contributed by atoms with Crippen molar-refractivity contribution in [1.82, 2.24) is 10.6 Å². The number of nitrogens with one attached hydrogen (secondary N) is 2. The molecule has 2 aromatic carbocycles. The standard InChI is InChI=1S/C19H24N2O2/c22-15-14-20-19(23)21-18(17-11-5-2-6-12-17)13-7-10-16-8-3-1-4-9-16/h1-6,8-9,11-12,18,22H,7,10,13-15H2,(H2,20,21,23). The van der Waals surface area contributed by atoms with Gasteiger partial charge in [0.05, 0.1) is 12.6 Å². The maximum absolute atomic E-state index is 11.9. The largest absolute Gasteiger partial charge is 0.395 e. The molecule has 2 rings (SSSR count). The molecule has 0 radical (unpaired) electrons. The SMILES string of the molecule is O=C(NCCO)NC(CCCc1ccccc1)c1ccccc1. The number of hydrogen-bond donors (Lipinski definition) is 3. The molecule has 0 bridgehead atoms. The normalized spacial score (nSPS) is 11.7. The second-order valence-electron chi connectivity index (χ2n) is 5.46. The van der Waals surface area contributed by atoms with Crippen LogP contribution >= 0.6 is 0 Å². The quantitative estimate of drug-likeness (QED) is 0.701. The summed E-state index contributed by atoms with van der Waals surface area (Å²) in [6.07, 6.45) is 2.85. The van der Waals surface area contributed by atoms with Gasteiger partial charge in [0.15, 0.2) is 0 Å². The first kappa shape index (κ1) is 17.0. The minimum absolute atomic E-state index is 0.0291. The Bertz CT molecular complexity index is 572. The van der Waals surface area contributed by atoms with Gasteiger partial charge in [0.1, 0.15) is 0 Å². The Morgan fingerprint density at radius 1 is 1.00 bits per heavy atom. The molecule has 23 heavy (non-hydrogen) atoms. The van der Waals surface area contributed by atoms with Crippen molar-refractivity contribution < 1.29 is 9.90 Å². The van der Waals surface area contributed by atoms with E-state index in [9.17, 15) is 4.79 Å². The fourth-order valence-electron chi connectivity index (χ4n) is 2.54. The number of benzene rings is 2. The second kappa shape index (κ2) is 9.64. The van der Waals surface area contributed by atoms with Crippen molar-refractivity contribution >= 4 is 6.03 Å². The molecule has 0 aliphatic rings. The van der Waals surface area contributed by atoms with Gasteiger partial charge in [-0.3, -0.25) is 0 Å². The summed E-state index contributed by atoms with van der Waals surface area (Å²) in [6, 6.07) is 20.1. The third kappa shape index (κ3) is 6.12. The van der Waals surface area contributed by atoms with Crippen LogP contribution in [-0.2, 0) is 6.42 Å². The predicted octanol–water partition coefficient (Wildman–Crippen LogP) is 3.04. The van der Waals surface area contributed by atoms with Crippen LogP contribution in [-0.4, -0.2) is 24.3 Å². The first-order valence-electron chi connectivity index (χ1n) is 8.03. The number of carbonyl (C=O) groups excluding carboxylic acids is 1. The number of aryl methyl sites for hydroxylation is 1. The Morgan fingerprint density at radius 3 is 2.30 bits per heavy atom. The molecule has 4 heteroatoms. The van der Waals surface area contributed by atoms with Gasteiger partial charge in [0, 0.05) is 6.54 Å². The molecule has 2 amide bonds. The zero-order valence-electron chi connectivity index (χ0n) is 13.2. The highest BCUT2D eigenvalue weighted by Gasteiger charge is 2.13. The summed E-state index contributed by atoms with van der Waals surface area (Å²) < 4.78 is 0. The van der Waals surface area contributed by atoms with Crippen LogP contribution in [0.2, 0.25) is 0 Å². The molecule has 0 spiro atoms. The lowest BCUT2D eigenvalue weighted by Crippen LogP contribution is -2.39. The number of amides is 2. The van der Waals surface area contributed by atoms with Crippen LogP contribution in [0.25, 0.3) is 0 Å². The summed E-state index contributed by atoms with van der Waals surface area (Å²) in [7, 11) is 0. The molecule has 0 aliphatic heterocycles. The van der Waals surface area contributed by atoms with Gasteiger partial charge in [-0.1, -0.05) is 60.7 Å². The molecule has 2 aromatic rings. The minimum atomic E-state index is -0.243. The Balaban J connectivity index is 1.92. The van der Waals surface area contributed by atoms with Crippen LogP contribution in [0.1, 0.15) is 30.0 Å². The van der Waals surface area contributed by atoms with Gasteiger partial charge in [-0.05, 0) is 30.4 Å². The predicted molar refractivity (Wildman–Crippen MR) is 92.2 cm³/mol. The molecule has 1 unspecified atom stereocenters. The summed E-state index contributed by atoms with van der Waals surface area (Å²) in [5.41, 5.74) is 2.41. The van der Waals surface area contributed by atoms with E-state index in [0.29, 0.717) is 0 Å². The highest BCUT2D eigenvalue weighted by atomic mass is 16.3. The lowest BCUT2D eigenvalue weighted by molar-refractivity contribution is 0.230. The van der Waals surface area contributed by atoms with Crippen molar-refractivity contribution in [3.63, 3.8) is 0 Å². The van der Waals surface area contributed by atoms with E-state index in [-0.39, 0.29) is 25.2 Å². The molecule has 3 N–H and O–H groups in total. The maximum atomic E-state index is 11.9. The van der Waals surface area contributed by atoms with Crippen LogP contribution in [0, 0.1) is 0 Å². The molecule has 1 atom stereocenters. The van der Waals surface area contributed by atoms with Crippen LogP contribution in [0.3, 0.4) is 0 Å². The van der Waals surface area contributed by atoms with E-state index >= 15 is 0 Å². The van der Waals surface area contributed by atoms with Crippen LogP contribution < -0.4 is 10.6 Å². The average Bonchev–Trinajstić information content (AvgIpc) is 2.61. The number of aliphatic hydroxyl groups is 1. The van der Waals surface area contributed by atoms with Gasteiger partial charge in [0.2, 0.25) is 0 Å². The van der Waals surface area contributed by atoms with Crippen molar-refractivity contribution in [3.05, 3.63) is 71.8 Å². The molecular weight excluding hydrogens is 288 g/mol. The Hall–Kier alpha value is -2.33. The molecule has 0 saturated heterocycles. The average molecular weight is 312 g/mol. The summed E-state index contributed by atoms with van der Waals surface area (Å²) in [5.74, 6) is 0. The fourth-order valence-corrected chi connectivity index (χ4v) is 2.54. The Labute approximate surface area is 137 Å². The minimum Gasteiger partial charge on any atom is -0.395 e. The zero-order valence-corrected chi connectivity index (χ0v) is 13.2. The number of urea groups is 1. The van der Waals surface area contributed by atoms with Crippen molar-refractivity contribution in [2.24, 2.45) is 0 Å². The summed E-state index contributed by atoms with van der Waals surface area (Å²) in [5, 5.41) is 14.4. The number of hydrogen-bond acceptors (Lipinski definition) is 2. The van der Waals surface area contributed by atoms with Crippen molar-refractivity contribution in [1.29, 1.82) is 0 Å². The van der Waals surface area contributed by atoms with E-state index in [1.54, 1.807) is 0 Å². The fraction of sp³-hybridized carbons (Fsp3) is 0.316. The van der Waals surface area contributed by atoms with E-state index in [1.807, 2.05) is 48.5 Å². The van der Waals surface area contributed by atoms with Gasteiger partial charge in [-0.2, -0.15) is 0 Å². The van der Waals surface area contributed by atoms with E-state index in [1.165, 1.54) is 5.56 Å². The molecular formula is C19H24N2O2. The van der Waals surface area contributed by atoms with Crippen LogP contribution in [0.15, 0.2) is 60.7 Å². The number of rotatable bonds is 8. The lowest BCUT2D eigenvalue weighted by Gasteiger charge is -2.19. The van der Waals surface area contributed by atoms with Gasteiger partial charge in [0.25, 0.3) is 0 Å². The summed E-state index contributed by atoms with van der Waals surface area (Å²) in [6.45, 7) is 0.203. The number of carbonyl (C=O) groups is 1. The van der Waals surface area contributed by atoms with Gasteiger partial charge < -0.3 is 15.7 Å². The number of aliphatic hydroxyl groups excluding tert-OH is 1. The first-order valence-corrected chi connectivity index (χ1v) is 8.03. The van der Waals surface area contributed by atoms with Crippen LogP contribution in [0.4, 0.5) is 4.79 Å². The third-order valence-corrected chi connectivity index (χ3v) is 3.71. The van der Waals surface area contributed by atoms with Crippen molar-refractivity contribution in [2.45, 2.75) is 25.3 Å². The van der Waals surface area contributed by atoms with Crippen molar-refractivity contribution in [3.8, 4) is 0 Å². The topological polar surface area (TPSA) is 61.4 Å². The highest BCUT2D eigenvalue weighted by molar-refractivity contribution is 5.74. The van der Waals surface area contributed by atoms with E-state index in [2.05, 4.69) is 22.8 Å². The molecule has 0 fully saturated rings. The Kier molecular flexibility index (Phi) is 7.14. The van der Waals surface area contributed by atoms with E-state index in [4.69, 9.17) is 5.11 Å². The lowest BCUT2D eigenvalue weighted by atomic mass is 9.99. The highest BCUT2D eigenvalue weighted by Crippen LogP contribution is 2.19. The molecule has 0 aromatic heterocycles. The zero-order chi connectivity index (χ0) is 16.3. The van der Waals surface area contributed by atoms with Gasteiger partial charge in [-0.25, -0.2) is 4.79 Å². The van der Waals surface area contributed by atoms with Gasteiger partial charge in [-0.15, -0.1) is 0 Å². The maximum Gasteiger partial charge on any atom is 0.315 e. The summed E-state index contributed by atoms with van der Waals surface area (Å²) >= 11 is 0. The molecule has 0 saturated carbocycles. The van der Waals surface area contributed by atoms with Crippen molar-refractivity contribution in [2.75, 3.05) is 13.2 Å². The molecule has 122 valence electrons. The molecule has 0 heterocycles. The Morgan fingerprint density at radius 2 is 1.65 bits per heavy atom. The monoisotopic (exact) mass is 312 g/mol. The molecule has 0 aliphatic carbocycles. The summed E-state index contributed by atoms with van der Waals surface area (Å²) in [4.78, 5) is 11.9. The van der Waals surface area contributed by atoms with E-state index in [0.717, 1.165) is 24.8 Å². The smallest absolute Gasteiger partial charge is 0.315 e. The van der Waals surface area contributed by atoms with Crippen LogP contribution in [0.5, 0.6) is 0 Å². The first-order chi connectivity index (χ1) is 11.3. The van der Waals surface area contributed by atoms with Gasteiger partial charge >= 0.3 is 6.03 Å². The third-order valence-electron chi connectivity index (χ3n) is 3.71. The molecule has 4 nitrogen and oxygen atoms in total.